The van der Waals surface area contributed by atoms with E-state index < -0.39 is 0 Å². The summed E-state index contributed by atoms with van der Waals surface area (Å²) in [7, 11) is 4.86. The average molecular weight is 381 g/mol. The number of hydrogen-bond acceptors (Lipinski definition) is 4. The molecule has 1 heterocycles. The number of nitrogens with zero attached hydrogens (tertiary/aromatic N) is 2. The summed E-state index contributed by atoms with van der Waals surface area (Å²) in [5.41, 5.74) is 4.96. The second-order valence-corrected chi connectivity index (χ2v) is 6.82. The van der Waals surface area contributed by atoms with Crippen molar-refractivity contribution in [1.82, 2.24) is 10.3 Å². The first kappa shape index (κ1) is 19.7. The number of carbonyl (C=O) groups excluding carboxylic acids is 1. The summed E-state index contributed by atoms with van der Waals surface area (Å²) in [5.74, 6) is 1.31. The van der Waals surface area contributed by atoms with Crippen molar-refractivity contribution in [2.24, 2.45) is 5.10 Å². The monoisotopic (exact) mass is 381 g/mol. The molecule has 0 fully saturated rings. The maximum Gasteiger partial charge on any atom is 0.337 e. The quantitative estimate of drug-likeness (QED) is 0.880. The zero-order valence-electron chi connectivity index (χ0n) is 17.1. The molecule has 0 aromatic heterocycles. The summed E-state index contributed by atoms with van der Waals surface area (Å²) in [6.45, 7) is 4.11. The van der Waals surface area contributed by atoms with Crippen LogP contribution in [0.2, 0.25) is 0 Å². The molecule has 0 saturated heterocycles. The van der Waals surface area contributed by atoms with Gasteiger partial charge in [0.15, 0.2) is 11.5 Å². The molecule has 0 spiro atoms. The predicted molar refractivity (Wildman–Crippen MR) is 110 cm³/mol. The number of carbonyl (C=O) groups is 1. The minimum absolute atomic E-state index is 0.107. The molecule has 6 heteroatoms. The second-order valence-electron chi connectivity index (χ2n) is 6.82. The summed E-state index contributed by atoms with van der Waals surface area (Å²) in [4.78, 5) is 12.5. The minimum atomic E-state index is -0.234. The largest absolute Gasteiger partial charge is 0.493 e. The van der Waals surface area contributed by atoms with Crippen molar-refractivity contribution in [3.8, 4) is 11.5 Å². The number of hydrazone groups is 1. The first-order valence-corrected chi connectivity index (χ1v) is 9.46. The number of ether oxygens (including phenoxy) is 2. The van der Waals surface area contributed by atoms with Crippen LogP contribution in [-0.4, -0.2) is 44.1 Å². The molecule has 0 aliphatic carbocycles. The lowest BCUT2D eigenvalue weighted by atomic mass is 9.93. The van der Waals surface area contributed by atoms with Crippen LogP contribution in [0.5, 0.6) is 11.5 Å². The van der Waals surface area contributed by atoms with Crippen LogP contribution < -0.4 is 14.8 Å². The van der Waals surface area contributed by atoms with Crippen molar-refractivity contribution in [2.75, 3.05) is 21.3 Å². The molecule has 148 valence electrons. The molecule has 2 aromatic carbocycles. The smallest absolute Gasteiger partial charge is 0.337 e. The van der Waals surface area contributed by atoms with Crippen LogP contribution in [0.25, 0.3) is 0 Å². The molecule has 3 rings (SSSR count). The number of amides is 2. The number of nitrogens with one attached hydrogen (secondary N) is 1. The van der Waals surface area contributed by atoms with Gasteiger partial charge < -0.3 is 14.8 Å². The number of rotatable bonds is 4. The predicted octanol–water partition coefficient (Wildman–Crippen LogP) is 3.60. The molecule has 1 atom stereocenters. The highest BCUT2D eigenvalue weighted by atomic mass is 16.5. The van der Waals surface area contributed by atoms with Crippen molar-refractivity contribution in [1.29, 1.82) is 0 Å². The summed E-state index contributed by atoms with van der Waals surface area (Å²) >= 11 is 0. The van der Waals surface area contributed by atoms with Gasteiger partial charge in [-0.3, -0.25) is 0 Å². The van der Waals surface area contributed by atoms with E-state index in [4.69, 9.17) is 14.6 Å². The van der Waals surface area contributed by atoms with Crippen LogP contribution in [0.3, 0.4) is 0 Å². The van der Waals surface area contributed by atoms with Crippen LogP contribution in [0.15, 0.2) is 41.5 Å². The van der Waals surface area contributed by atoms with E-state index in [-0.39, 0.29) is 12.1 Å². The summed E-state index contributed by atoms with van der Waals surface area (Å²) in [6.07, 6.45) is 1.62. The maximum absolute atomic E-state index is 12.5. The first-order chi connectivity index (χ1) is 13.5. The van der Waals surface area contributed by atoms with E-state index in [0.717, 1.165) is 28.8 Å². The zero-order valence-corrected chi connectivity index (χ0v) is 17.1. The maximum atomic E-state index is 12.5. The fourth-order valence-corrected chi connectivity index (χ4v) is 3.45. The van der Waals surface area contributed by atoms with E-state index in [9.17, 15) is 4.79 Å². The van der Waals surface area contributed by atoms with Crippen molar-refractivity contribution in [3.63, 3.8) is 0 Å². The Morgan fingerprint density at radius 2 is 1.82 bits per heavy atom. The Bertz CT molecular complexity index is 891. The van der Waals surface area contributed by atoms with Crippen molar-refractivity contribution in [3.05, 3.63) is 58.7 Å². The van der Waals surface area contributed by atoms with Crippen LogP contribution in [0.4, 0.5) is 4.79 Å². The molecule has 2 aromatic rings. The summed E-state index contributed by atoms with van der Waals surface area (Å²) in [6, 6.07) is 11.9. The molecule has 2 amide bonds. The number of hydrogen-bond donors (Lipinski definition) is 1. The van der Waals surface area contributed by atoms with Gasteiger partial charge in [0.2, 0.25) is 0 Å². The number of benzene rings is 2. The molecule has 1 aliphatic heterocycles. The summed E-state index contributed by atoms with van der Waals surface area (Å²) in [5, 5.41) is 8.97. The van der Waals surface area contributed by atoms with Gasteiger partial charge in [0.1, 0.15) is 0 Å². The van der Waals surface area contributed by atoms with Gasteiger partial charge in [-0.1, -0.05) is 31.2 Å². The molecular formula is C22H27N3O3. The molecule has 1 N–H and O–H groups in total. The van der Waals surface area contributed by atoms with Crippen LogP contribution in [-0.2, 0) is 12.8 Å². The van der Waals surface area contributed by atoms with Gasteiger partial charge in [-0.2, -0.15) is 5.10 Å². The third-order valence-corrected chi connectivity index (χ3v) is 5.06. The zero-order chi connectivity index (χ0) is 20.3. The Morgan fingerprint density at radius 3 is 2.39 bits per heavy atom. The third-order valence-electron chi connectivity index (χ3n) is 5.06. The van der Waals surface area contributed by atoms with E-state index >= 15 is 0 Å². The van der Waals surface area contributed by atoms with Gasteiger partial charge >= 0.3 is 6.03 Å². The Labute approximate surface area is 166 Å². The lowest BCUT2D eigenvalue weighted by Gasteiger charge is -2.22. The summed E-state index contributed by atoms with van der Waals surface area (Å²) < 4.78 is 11.0. The standard InChI is InChI=1S/C22H27N3O3/c1-6-15-7-9-16(10-8-15)21-18-13-20(28-5)19(27-4)12-17(18)11-14(2)25(24-21)22(26)23-3/h7-10,12-14H,6,11H2,1-5H3,(H,23,26). The Hall–Kier alpha value is -3.02. The van der Waals surface area contributed by atoms with E-state index in [1.165, 1.54) is 10.6 Å². The van der Waals surface area contributed by atoms with Crippen molar-refractivity contribution < 1.29 is 14.3 Å². The molecule has 1 unspecified atom stereocenters. The van der Waals surface area contributed by atoms with Gasteiger partial charge in [0.25, 0.3) is 0 Å². The van der Waals surface area contributed by atoms with E-state index in [1.54, 1.807) is 21.3 Å². The van der Waals surface area contributed by atoms with Crippen molar-refractivity contribution >= 4 is 11.7 Å². The molecule has 0 radical (unpaired) electrons. The van der Waals surface area contributed by atoms with Gasteiger partial charge in [0.05, 0.1) is 26.0 Å². The van der Waals surface area contributed by atoms with Crippen LogP contribution in [0.1, 0.15) is 36.1 Å². The van der Waals surface area contributed by atoms with Crippen molar-refractivity contribution in [2.45, 2.75) is 32.7 Å². The number of fused-ring (bicyclic) bond motifs is 1. The number of methoxy groups -OCH3 is 2. The third kappa shape index (κ3) is 3.67. The lowest BCUT2D eigenvalue weighted by Crippen LogP contribution is -2.41. The number of urea groups is 1. The molecule has 6 nitrogen and oxygen atoms in total. The fourth-order valence-electron chi connectivity index (χ4n) is 3.45. The van der Waals surface area contributed by atoms with Gasteiger partial charge in [0, 0.05) is 18.2 Å². The molecule has 0 bridgehead atoms. The SMILES string of the molecule is CCc1ccc(C2=NN(C(=O)NC)C(C)Cc3cc(OC)c(OC)cc32)cc1. The Balaban J connectivity index is 2.22. The molecule has 28 heavy (non-hydrogen) atoms. The van der Waals surface area contributed by atoms with Gasteiger partial charge in [-0.25, -0.2) is 9.80 Å². The normalized spacial score (nSPS) is 16.0. The van der Waals surface area contributed by atoms with Crippen LogP contribution in [0, 0.1) is 0 Å². The van der Waals surface area contributed by atoms with Gasteiger partial charge in [-0.05, 0) is 43.0 Å². The second kappa shape index (κ2) is 8.33. The minimum Gasteiger partial charge on any atom is -0.493 e. The van der Waals surface area contributed by atoms with Crippen LogP contribution >= 0.6 is 0 Å². The molecular weight excluding hydrogens is 354 g/mol. The highest BCUT2D eigenvalue weighted by Gasteiger charge is 2.28. The average Bonchev–Trinajstić information content (AvgIpc) is 2.87. The first-order valence-electron chi connectivity index (χ1n) is 9.46. The fraction of sp³-hybridized carbons (Fsp3) is 0.364. The highest BCUT2D eigenvalue weighted by Crippen LogP contribution is 2.34. The topological polar surface area (TPSA) is 63.2 Å². The Kier molecular flexibility index (Phi) is 5.87. The van der Waals surface area contributed by atoms with E-state index in [2.05, 4.69) is 36.5 Å². The van der Waals surface area contributed by atoms with Gasteiger partial charge in [-0.15, -0.1) is 0 Å². The van der Waals surface area contributed by atoms with E-state index in [0.29, 0.717) is 17.9 Å². The lowest BCUT2D eigenvalue weighted by molar-refractivity contribution is 0.184. The highest BCUT2D eigenvalue weighted by molar-refractivity contribution is 6.14. The van der Waals surface area contributed by atoms with E-state index in [1.807, 2.05) is 19.1 Å². The molecule has 1 aliphatic rings. The Morgan fingerprint density at radius 1 is 1.18 bits per heavy atom. The molecule has 0 saturated carbocycles. The number of aryl methyl sites for hydroxylation is 1.